The van der Waals surface area contributed by atoms with Gasteiger partial charge in [-0.25, -0.2) is 0 Å². The van der Waals surface area contributed by atoms with Crippen LogP contribution in [0.2, 0.25) is 0 Å². The van der Waals surface area contributed by atoms with Gasteiger partial charge in [-0.1, -0.05) is 34.6 Å². The highest BCUT2D eigenvalue weighted by Crippen LogP contribution is 2.36. The smallest absolute Gasteiger partial charge is 0.221 e. The number of carbonyl (C=O) groups excluding carboxylic acids is 1. The van der Waals surface area contributed by atoms with Gasteiger partial charge in [0.25, 0.3) is 0 Å². The Balaban J connectivity index is 3.71. The molecule has 0 fully saturated rings. The van der Waals surface area contributed by atoms with Gasteiger partial charge in [0.2, 0.25) is 5.91 Å². The predicted octanol–water partition coefficient (Wildman–Crippen LogP) is 1.76. The molecule has 0 aliphatic heterocycles. The SMILES string of the molecule is CNCCCNCCC(=O)NCC(C)(C)C(C)(C)C. The van der Waals surface area contributed by atoms with E-state index in [0.717, 1.165) is 32.6 Å². The van der Waals surface area contributed by atoms with Crippen molar-refractivity contribution < 1.29 is 4.79 Å². The molecule has 1 amide bonds. The summed E-state index contributed by atoms with van der Waals surface area (Å²) >= 11 is 0. The Hall–Kier alpha value is -0.610. The summed E-state index contributed by atoms with van der Waals surface area (Å²) in [7, 11) is 1.95. The van der Waals surface area contributed by atoms with Gasteiger partial charge in [-0.3, -0.25) is 4.79 Å². The first-order valence-electron chi connectivity index (χ1n) is 7.33. The van der Waals surface area contributed by atoms with Crippen LogP contribution < -0.4 is 16.0 Å². The second-order valence-electron chi connectivity index (χ2n) is 6.87. The summed E-state index contributed by atoms with van der Waals surface area (Å²) in [5.74, 6) is 0.137. The molecule has 0 bridgehead atoms. The van der Waals surface area contributed by atoms with Crippen LogP contribution in [0.3, 0.4) is 0 Å². The van der Waals surface area contributed by atoms with Crippen LogP contribution in [0.1, 0.15) is 47.5 Å². The highest BCUT2D eigenvalue weighted by atomic mass is 16.1. The second kappa shape index (κ2) is 8.54. The minimum Gasteiger partial charge on any atom is -0.356 e. The van der Waals surface area contributed by atoms with Crippen molar-refractivity contribution >= 4 is 5.91 Å². The van der Waals surface area contributed by atoms with Crippen molar-refractivity contribution in [3.8, 4) is 0 Å². The Kier molecular flexibility index (Phi) is 8.26. The third kappa shape index (κ3) is 8.22. The van der Waals surface area contributed by atoms with Crippen LogP contribution in [0.15, 0.2) is 0 Å². The van der Waals surface area contributed by atoms with Crippen molar-refractivity contribution in [2.75, 3.05) is 33.2 Å². The van der Waals surface area contributed by atoms with Crippen molar-refractivity contribution in [2.45, 2.75) is 47.5 Å². The molecule has 0 radical (unpaired) electrons. The molecule has 0 aliphatic carbocycles. The third-order valence-electron chi connectivity index (χ3n) is 4.07. The minimum absolute atomic E-state index is 0.100. The summed E-state index contributed by atoms with van der Waals surface area (Å²) in [6.07, 6.45) is 1.65. The molecule has 0 spiro atoms. The average Bonchev–Trinajstić information content (AvgIpc) is 2.29. The summed E-state index contributed by atoms with van der Waals surface area (Å²) in [6.45, 7) is 14.5. The monoisotopic (exact) mass is 271 g/mol. The molecule has 0 saturated heterocycles. The molecule has 0 aromatic rings. The maximum absolute atomic E-state index is 11.7. The summed E-state index contributed by atoms with van der Waals surface area (Å²) in [5.41, 5.74) is 0.286. The van der Waals surface area contributed by atoms with Gasteiger partial charge < -0.3 is 16.0 Å². The molecule has 114 valence electrons. The van der Waals surface area contributed by atoms with E-state index in [2.05, 4.69) is 50.6 Å². The third-order valence-corrected chi connectivity index (χ3v) is 4.07. The standard InChI is InChI=1S/C15H33N3O/c1-14(2,3)15(4,5)12-18-13(19)8-11-17-10-7-9-16-6/h16-17H,7-12H2,1-6H3,(H,18,19). The van der Waals surface area contributed by atoms with Crippen LogP contribution in [0, 0.1) is 10.8 Å². The summed E-state index contributed by atoms with van der Waals surface area (Å²) < 4.78 is 0. The zero-order valence-corrected chi connectivity index (χ0v) is 13.7. The van der Waals surface area contributed by atoms with Crippen LogP contribution in [0.4, 0.5) is 0 Å². The quantitative estimate of drug-likeness (QED) is 0.560. The highest BCUT2D eigenvalue weighted by molar-refractivity contribution is 5.76. The summed E-state index contributed by atoms with van der Waals surface area (Å²) in [4.78, 5) is 11.7. The normalized spacial score (nSPS) is 12.5. The maximum atomic E-state index is 11.7. The van der Waals surface area contributed by atoms with Crippen LogP contribution >= 0.6 is 0 Å². The van der Waals surface area contributed by atoms with Gasteiger partial charge in [0.05, 0.1) is 0 Å². The van der Waals surface area contributed by atoms with E-state index in [1.165, 1.54) is 0 Å². The van der Waals surface area contributed by atoms with Crippen LogP contribution in [-0.2, 0) is 4.79 Å². The summed E-state index contributed by atoms with van der Waals surface area (Å²) in [6, 6.07) is 0. The van der Waals surface area contributed by atoms with Crippen molar-refractivity contribution in [3.63, 3.8) is 0 Å². The molecule has 0 saturated carbocycles. The van der Waals surface area contributed by atoms with Crippen molar-refractivity contribution in [1.29, 1.82) is 0 Å². The molecular formula is C15H33N3O. The molecule has 0 rings (SSSR count). The lowest BCUT2D eigenvalue weighted by Gasteiger charge is -2.39. The first-order chi connectivity index (χ1) is 8.70. The Labute approximate surface area is 119 Å². The van der Waals surface area contributed by atoms with E-state index in [1.54, 1.807) is 0 Å². The van der Waals surface area contributed by atoms with Crippen LogP contribution in [0.25, 0.3) is 0 Å². The van der Waals surface area contributed by atoms with Gasteiger partial charge in [0.15, 0.2) is 0 Å². The summed E-state index contributed by atoms with van der Waals surface area (Å²) in [5, 5.41) is 9.42. The molecule has 0 aromatic heterocycles. The van der Waals surface area contributed by atoms with E-state index in [9.17, 15) is 4.79 Å². The van der Waals surface area contributed by atoms with Gasteiger partial charge in [-0.2, -0.15) is 0 Å². The van der Waals surface area contributed by atoms with Crippen molar-refractivity contribution in [3.05, 3.63) is 0 Å². The van der Waals surface area contributed by atoms with E-state index < -0.39 is 0 Å². The molecule has 19 heavy (non-hydrogen) atoms. The fraction of sp³-hybridized carbons (Fsp3) is 0.933. The number of rotatable bonds is 9. The van der Waals surface area contributed by atoms with Crippen LogP contribution in [-0.4, -0.2) is 39.1 Å². The molecule has 3 N–H and O–H groups in total. The molecule has 0 heterocycles. The lowest BCUT2D eigenvalue weighted by molar-refractivity contribution is -0.121. The predicted molar refractivity (Wildman–Crippen MR) is 82.3 cm³/mol. The largest absolute Gasteiger partial charge is 0.356 e. The topological polar surface area (TPSA) is 53.2 Å². The van der Waals surface area contributed by atoms with Gasteiger partial charge in [-0.05, 0) is 37.4 Å². The lowest BCUT2D eigenvalue weighted by Crippen LogP contribution is -2.42. The number of nitrogens with one attached hydrogen (secondary N) is 3. The first kappa shape index (κ1) is 18.4. The van der Waals surface area contributed by atoms with Gasteiger partial charge in [0.1, 0.15) is 0 Å². The maximum Gasteiger partial charge on any atom is 0.221 e. The number of amides is 1. The Morgan fingerprint density at radius 2 is 1.63 bits per heavy atom. The average molecular weight is 271 g/mol. The van der Waals surface area contributed by atoms with E-state index in [4.69, 9.17) is 0 Å². The highest BCUT2D eigenvalue weighted by Gasteiger charge is 2.32. The molecular weight excluding hydrogens is 238 g/mol. The zero-order valence-electron chi connectivity index (χ0n) is 13.7. The Morgan fingerprint density at radius 1 is 1.00 bits per heavy atom. The van der Waals surface area contributed by atoms with E-state index in [1.807, 2.05) is 7.05 Å². The van der Waals surface area contributed by atoms with E-state index in [-0.39, 0.29) is 16.7 Å². The molecule has 4 heteroatoms. The zero-order chi connectivity index (χ0) is 14.9. The van der Waals surface area contributed by atoms with Gasteiger partial charge >= 0.3 is 0 Å². The van der Waals surface area contributed by atoms with E-state index in [0.29, 0.717) is 6.42 Å². The minimum atomic E-state index is 0.100. The molecule has 0 atom stereocenters. The fourth-order valence-corrected chi connectivity index (χ4v) is 1.39. The molecule has 0 unspecified atom stereocenters. The Bertz CT molecular complexity index is 257. The van der Waals surface area contributed by atoms with Crippen molar-refractivity contribution in [2.24, 2.45) is 10.8 Å². The van der Waals surface area contributed by atoms with Crippen LogP contribution in [0.5, 0.6) is 0 Å². The Morgan fingerprint density at radius 3 is 2.16 bits per heavy atom. The number of hydrogen-bond acceptors (Lipinski definition) is 3. The number of carbonyl (C=O) groups is 1. The lowest BCUT2D eigenvalue weighted by atomic mass is 9.69. The van der Waals surface area contributed by atoms with Gasteiger partial charge in [0, 0.05) is 19.5 Å². The number of hydrogen-bond donors (Lipinski definition) is 3. The molecule has 0 aliphatic rings. The first-order valence-corrected chi connectivity index (χ1v) is 7.33. The van der Waals surface area contributed by atoms with Crippen molar-refractivity contribution in [1.82, 2.24) is 16.0 Å². The van der Waals surface area contributed by atoms with E-state index >= 15 is 0 Å². The fourth-order valence-electron chi connectivity index (χ4n) is 1.39. The second-order valence-corrected chi connectivity index (χ2v) is 6.87. The molecule has 0 aromatic carbocycles. The van der Waals surface area contributed by atoms with Gasteiger partial charge in [-0.15, -0.1) is 0 Å². The molecule has 4 nitrogen and oxygen atoms in total.